The summed E-state index contributed by atoms with van der Waals surface area (Å²) in [6.45, 7) is 2.31. The van der Waals surface area contributed by atoms with Gasteiger partial charge >= 0.3 is 0 Å². The Labute approximate surface area is 150 Å². The van der Waals surface area contributed by atoms with Crippen LogP contribution in [0.3, 0.4) is 0 Å². The number of aliphatic imine (C=N–C) groups is 1. The maximum absolute atomic E-state index is 12.5. The highest BCUT2D eigenvalue weighted by Gasteiger charge is 2.30. The number of aromatic hydroxyl groups is 1. The van der Waals surface area contributed by atoms with Gasteiger partial charge in [0.05, 0.1) is 17.2 Å². The van der Waals surface area contributed by atoms with Crippen LogP contribution in [0.4, 0.5) is 5.69 Å². The summed E-state index contributed by atoms with van der Waals surface area (Å²) in [5.41, 5.74) is 1.58. The van der Waals surface area contributed by atoms with Crippen molar-refractivity contribution in [2.75, 3.05) is 13.7 Å². The quantitative estimate of drug-likeness (QED) is 0.842. The fourth-order valence-corrected chi connectivity index (χ4v) is 3.29. The number of ether oxygens (including phenoxy) is 1. The van der Waals surface area contributed by atoms with Crippen molar-refractivity contribution in [3.63, 3.8) is 0 Å². The smallest absolute Gasteiger partial charge is 0.266 e. The summed E-state index contributed by atoms with van der Waals surface area (Å²) in [7, 11) is 1.71. The standard InChI is InChI=1S/C19H18N2O3S/c1-3-24-16-11-13(9-10-15(16)22)12-17-18(23)21(2)19(25-17)20-14-7-5-4-6-8-14/h4-12,22H,3H2,1-2H3. The summed E-state index contributed by atoms with van der Waals surface area (Å²) in [6, 6.07) is 14.5. The first-order valence-corrected chi connectivity index (χ1v) is 8.67. The highest BCUT2D eigenvalue weighted by molar-refractivity contribution is 8.18. The summed E-state index contributed by atoms with van der Waals surface area (Å²) in [5, 5.41) is 10.4. The van der Waals surface area contributed by atoms with Crippen LogP contribution in [0.25, 0.3) is 6.08 Å². The molecule has 0 aromatic heterocycles. The molecule has 0 radical (unpaired) electrons. The summed E-state index contributed by atoms with van der Waals surface area (Å²) in [4.78, 5) is 19.1. The van der Waals surface area contributed by atoms with Crippen LogP contribution in [0.15, 0.2) is 58.4 Å². The highest BCUT2D eigenvalue weighted by Crippen LogP contribution is 2.34. The molecule has 1 aliphatic heterocycles. The molecule has 1 N–H and O–H groups in total. The fraction of sp³-hybridized carbons (Fsp3) is 0.158. The van der Waals surface area contributed by atoms with Crippen LogP contribution in [0.2, 0.25) is 0 Å². The van der Waals surface area contributed by atoms with E-state index >= 15 is 0 Å². The van der Waals surface area contributed by atoms with Crippen LogP contribution in [0.1, 0.15) is 12.5 Å². The molecule has 2 aromatic carbocycles. The number of phenols is 1. The van der Waals surface area contributed by atoms with Gasteiger partial charge in [0.25, 0.3) is 5.91 Å². The van der Waals surface area contributed by atoms with Gasteiger partial charge in [-0.1, -0.05) is 24.3 Å². The molecule has 0 atom stereocenters. The van der Waals surface area contributed by atoms with Gasteiger partial charge < -0.3 is 9.84 Å². The number of thioether (sulfide) groups is 1. The number of phenolic OH excluding ortho intramolecular Hbond substituents is 1. The lowest BCUT2D eigenvalue weighted by Gasteiger charge is -2.07. The van der Waals surface area contributed by atoms with Gasteiger partial charge in [0, 0.05) is 7.05 Å². The van der Waals surface area contributed by atoms with Crippen molar-refractivity contribution in [3.8, 4) is 11.5 Å². The Morgan fingerprint density at radius 3 is 2.72 bits per heavy atom. The van der Waals surface area contributed by atoms with Crippen molar-refractivity contribution in [2.24, 2.45) is 4.99 Å². The Bertz CT molecular complexity index is 847. The molecular weight excluding hydrogens is 336 g/mol. The van der Waals surface area contributed by atoms with Gasteiger partial charge in [-0.15, -0.1) is 0 Å². The molecule has 5 nitrogen and oxygen atoms in total. The summed E-state index contributed by atoms with van der Waals surface area (Å²) >= 11 is 1.32. The Kier molecular flexibility index (Phi) is 5.09. The van der Waals surface area contributed by atoms with Crippen LogP contribution in [0.5, 0.6) is 11.5 Å². The molecule has 0 spiro atoms. The summed E-state index contributed by atoms with van der Waals surface area (Å²) in [5.74, 6) is 0.377. The van der Waals surface area contributed by atoms with Gasteiger partial charge in [-0.25, -0.2) is 4.99 Å². The Morgan fingerprint density at radius 1 is 1.24 bits per heavy atom. The number of nitrogens with zero attached hydrogens (tertiary/aromatic N) is 2. The van der Waals surface area contributed by atoms with Crippen molar-refractivity contribution in [1.29, 1.82) is 0 Å². The van der Waals surface area contributed by atoms with E-state index in [1.165, 1.54) is 16.7 Å². The van der Waals surface area contributed by atoms with Crippen LogP contribution in [0, 0.1) is 0 Å². The van der Waals surface area contributed by atoms with E-state index in [0.29, 0.717) is 22.4 Å². The van der Waals surface area contributed by atoms with Gasteiger partial charge in [0.1, 0.15) is 0 Å². The first-order valence-electron chi connectivity index (χ1n) is 7.85. The molecule has 1 saturated heterocycles. The van der Waals surface area contributed by atoms with Crippen molar-refractivity contribution in [3.05, 3.63) is 59.0 Å². The zero-order valence-electron chi connectivity index (χ0n) is 14.0. The van der Waals surface area contributed by atoms with Crippen molar-refractivity contribution < 1.29 is 14.6 Å². The third-order valence-electron chi connectivity index (χ3n) is 3.57. The van der Waals surface area contributed by atoms with Gasteiger partial charge in [-0.3, -0.25) is 9.69 Å². The van der Waals surface area contributed by atoms with Crippen LogP contribution in [-0.2, 0) is 4.79 Å². The molecular formula is C19H18N2O3S. The number of hydrogen-bond acceptors (Lipinski definition) is 5. The number of para-hydroxylation sites is 1. The van der Waals surface area contributed by atoms with E-state index in [9.17, 15) is 9.90 Å². The highest BCUT2D eigenvalue weighted by atomic mass is 32.2. The SMILES string of the molecule is CCOc1cc(C=C2SC(=Nc3ccccc3)N(C)C2=O)ccc1O. The number of carbonyl (C=O) groups is 1. The molecule has 25 heavy (non-hydrogen) atoms. The topological polar surface area (TPSA) is 62.1 Å². The molecule has 0 bridgehead atoms. The molecule has 3 rings (SSSR count). The molecule has 1 aliphatic rings. The van der Waals surface area contributed by atoms with E-state index < -0.39 is 0 Å². The number of carbonyl (C=O) groups excluding carboxylic acids is 1. The lowest BCUT2D eigenvalue weighted by atomic mass is 10.2. The monoisotopic (exact) mass is 354 g/mol. The molecule has 1 heterocycles. The minimum atomic E-state index is -0.106. The van der Waals surface area contributed by atoms with Crippen molar-refractivity contribution >= 4 is 34.6 Å². The maximum atomic E-state index is 12.5. The van der Waals surface area contributed by atoms with Crippen LogP contribution >= 0.6 is 11.8 Å². The molecule has 2 aromatic rings. The number of rotatable bonds is 4. The van der Waals surface area contributed by atoms with E-state index in [1.807, 2.05) is 37.3 Å². The number of hydrogen-bond donors (Lipinski definition) is 1. The second-order valence-corrected chi connectivity index (χ2v) is 6.37. The van der Waals surface area contributed by atoms with Crippen molar-refractivity contribution in [1.82, 2.24) is 4.90 Å². The van der Waals surface area contributed by atoms with E-state index in [1.54, 1.807) is 31.3 Å². The third-order valence-corrected chi connectivity index (χ3v) is 4.63. The second-order valence-electron chi connectivity index (χ2n) is 5.36. The lowest BCUT2D eigenvalue weighted by molar-refractivity contribution is -0.121. The van der Waals surface area contributed by atoms with Crippen molar-refractivity contribution in [2.45, 2.75) is 6.92 Å². The van der Waals surface area contributed by atoms with E-state index in [2.05, 4.69) is 4.99 Å². The zero-order valence-corrected chi connectivity index (χ0v) is 14.8. The second kappa shape index (κ2) is 7.44. The minimum absolute atomic E-state index is 0.0813. The zero-order chi connectivity index (χ0) is 17.8. The van der Waals surface area contributed by atoms with Gasteiger partial charge in [-0.05, 0) is 54.6 Å². The van der Waals surface area contributed by atoms with E-state index in [0.717, 1.165) is 11.3 Å². The van der Waals surface area contributed by atoms with Gasteiger partial charge in [0.2, 0.25) is 0 Å². The molecule has 1 fully saturated rings. The van der Waals surface area contributed by atoms with Crippen LogP contribution < -0.4 is 4.74 Å². The number of amides is 1. The average Bonchev–Trinajstić information content (AvgIpc) is 2.87. The Morgan fingerprint density at radius 2 is 2.00 bits per heavy atom. The number of amidine groups is 1. The normalized spacial score (nSPS) is 17.5. The van der Waals surface area contributed by atoms with Gasteiger partial charge in [0.15, 0.2) is 16.7 Å². The lowest BCUT2D eigenvalue weighted by Crippen LogP contribution is -2.23. The molecule has 0 unspecified atom stereocenters. The predicted octanol–water partition coefficient (Wildman–Crippen LogP) is 4.02. The van der Waals surface area contributed by atoms with Gasteiger partial charge in [-0.2, -0.15) is 0 Å². The first kappa shape index (κ1) is 17.1. The van der Waals surface area contributed by atoms with Crippen LogP contribution in [-0.4, -0.2) is 34.7 Å². The average molecular weight is 354 g/mol. The minimum Gasteiger partial charge on any atom is -0.504 e. The Balaban J connectivity index is 1.88. The molecule has 128 valence electrons. The molecule has 0 aliphatic carbocycles. The van der Waals surface area contributed by atoms with E-state index in [4.69, 9.17) is 4.74 Å². The number of likely N-dealkylation sites (N-methyl/N-ethyl adjacent to an activating group) is 1. The Hall–Kier alpha value is -2.73. The molecule has 1 amide bonds. The predicted molar refractivity (Wildman–Crippen MR) is 101 cm³/mol. The maximum Gasteiger partial charge on any atom is 0.266 e. The summed E-state index contributed by atoms with van der Waals surface area (Å²) in [6.07, 6.45) is 1.78. The molecule has 0 saturated carbocycles. The van der Waals surface area contributed by atoms with E-state index in [-0.39, 0.29) is 11.7 Å². The summed E-state index contributed by atoms with van der Waals surface area (Å²) < 4.78 is 5.38. The molecule has 6 heteroatoms. The first-order chi connectivity index (χ1) is 12.1. The fourth-order valence-electron chi connectivity index (χ4n) is 2.31. The largest absolute Gasteiger partial charge is 0.504 e. The third kappa shape index (κ3) is 3.85. The number of benzene rings is 2.